The van der Waals surface area contributed by atoms with Gasteiger partial charge in [0, 0.05) is 50.4 Å². The van der Waals surface area contributed by atoms with Gasteiger partial charge >= 0.3 is 70.9 Å². The monoisotopic (exact) mass is 1440 g/mol. The second-order valence-corrected chi connectivity index (χ2v) is 23.6. The molecule has 8 rings (SSSR count). The topological polar surface area (TPSA) is 158 Å². The van der Waals surface area contributed by atoms with Crippen LogP contribution in [0.3, 0.4) is 0 Å². The summed E-state index contributed by atoms with van der Waals surface area (Å²) in [6.45, 7) is 25.5. The molecule has 0 spiro atoms. The number of ether oxygens (including phenoxy) is 4. The Morgan fingerprint density at radius 2 is 0.773 bits per heavy atom. The van der Waals surface area contributed by atoms with Crippen LogP contribution in [0.4, 0.5) is 83.4 Å². The SMILES string of the molecule is CC1(C)OB(B2OC(C)(C)C(C)(C)O2)OC1(C)C.C[C@H](O)C(F)(F)F.C[C@H](Oc1ncc(B2OC(C)(C)C(C)(C)O2)cc1F)C(F)(F)F.C[C@H](Oc1ncc(Br)cc1F)C(F)(F)F.FC(F)(F)C1CO1.FC(F)(F)[C@@H]1CO1.Fc1cc(Br)cnc1F.[Al].[H-].[Li+]. The van der Waals surface area contributed by atoms with E-state index in [4.69, 9.17) is 33.0 Å². The van der Waals surface area contributed by atoms with Crippen molar-refractivity contribution in [2.45, 2.75) is 199 Å². The molecule has 3 aromatic rings. The molecule has 0 bridgehead atoms. The number of aliphatic hydroxyl groups excluding tert-OH is 1. The van der Waals surface area contributed by atoms with Crippen molar-refractivity contribution in [3.63, 3.8) is 0 Å². The molecule has 40 heteroatoms. The average molecular weight is 1440 g/mol. The summed E-state index contributed by atoms with van der Waals surface area (Å²) in [4.78, 5) is 10.1. The van der Waals surface area contributed by atoms with E-state index in [0.29, 0.717) is 15.9 Å². The van der Waals surface area contributed by atoms with E-state index >= 15 is 0 Å². The first-order valence-electron chi connectivity index (χ1n) is 25.0. The van der Waals surface area contributed by atoms with Crippen LogP contribution in [-0.4, -0.2) is 167 Å². The number of hydrogen-bond acceptors (Lipinski definition) is 14. The Morgan fingerprint density at radius 3 is 1.00 bits per heavy atom. The van der Waals surface area contributed by atoms with Crippen LogP contribution in [0.1, 0.15) is 105 Å². The molecule has 5 saturated heterocycles. The summed E-state index contributed by atoms with van der Waals surface area (Å²) in [6, 6.07) is 3.00. The largest absolute Gasteiger partial charge is 1.00 e. The van der Waals surface area contributed by atoms with Gasteiger partial charge in [-0.05, 0) is 154 Å². The fourth-order valence-electron chi connectivity index (χ4n) is 5.46. The van der Waals surface area contributed by atoms with Crippen LogP contribution in [0.15, 0.2) is 45.7 Å². The van der Waals surface area contributed by atoms with E-state index in [1.807, 2.05) is 83.1 Å². The maximum Gasteiger partial charge on any atom is 1.00 e. The van der Waals surface area contributed by atoms with E-state index in [0.717, 1.165) is 38.2 Å². The molecule has 5 fully saturated rings. The molecule has 1 unspecified atom stereocenters. The van der Waals surface area contributed by atoms with Gasteiger partial charge in [-0.25, -0.2) is 28.1 Å². The van der Waals surface area contributed by atoms with Crippen LogP contribution in [0.5, 0.6) is 11.8 Å². The fourth-order valence-corrected chi connectivity index (χ4v) is 6.07. The van der Waals surface area contributed by atoms with E-state index in [-0.39, 0.29) is 78.7 Å². The van der Waals surface area contributed by atoms with Crippen molar-refractivity contribution in [1.29, 1.82) is 0 Å². The molecule has 5 atom stereocenters. The average Bonchev–Trinajstić information content (AvgIpc) is 1.64. The Bertz CT molecular complexity index is 2550. The number of aromatic nitrogens is 3. The zero-order chi connectivity index (χ0) is 67.2. The molecule has 495 valence electrons. The number of hydrogen-bond donors (Lipinski definition) is 1. The number of pyridine rings is 3. The first kappa shape index (κ1) is 85.6. The first-order chi connectivity index (χ1) is 38.4. The number of epoxide rings is 2. The molecule has 1 N–H and O–H groups in total. The van der Waals surface area contributed by atoms with Gasteiger partial charge in [-0.15, -0.1) is 0 Å². The predicted octanol–water partition coefficient (Wildman–Crippen LogP) is 10.1. The molecule has 14 nitrogen and oxygen atoms in total. The van der Waals surface area contributed by atoms with Crippen LogP contribution in [0, 0.1) is 23.4 Å². The molecular weight excluding hydrogens is 1380 g/mol. The van der Waals surface area contributed by atoms with Gasteiger partial charge in [0.1, 0.15) is 6.10 Å². The summed E-state index contributed by atoms with van der Waals surface area (Å²) in [5, 5.41) is 7.76. The molecule has 0 aromatic carbocycles. The van der Waals surface area contributed by atoms with Crippen LogP contribution in [-0.2, 0) is 37.4 Å². The number of alkyl halides is 15. The van der Waals surface area contributed by atoms with Crippen molar-refractivity contribution in [3.05, 3.63) is 69.1 Å². The quantitative estimate of drug-likeness (QED) is 0.108. The second kappa shape index (κ2) is 32.2. The third-order valence-electron chi connectivity index (χ3n) is 13.0. The van der Waals surface area contributed by atoms with Crippen molar-refractivity contribution in [2.75, 3.05) is 13.2 Å². The maximum atomic E-state index is 14.0. The summed E-state index contributed by atoms with van der Waals surface area (Å²) < 4.78 is 277. The van der Waals surface area contributed by atoms with E-state index in [1.165, 1.54) is 12.4 Å². The van der Waals surface area contributed by atoms with E-state index < -0.39 is 129 Å². The summed E-state index contributed by atoms with van der Waals surface area (Å²) in [7, 11) is -1.80. The number of aliphatic hydroxyl groups is 1. The molecule has 3 aromatic heterocycles. The normalized spacial score (nSPS) is 21.6. The van der Waals surface area contributed by atoms with Gasteiger partial charge in [0.05, 0.1) is 46.8 Å². The summed E-state index contributed by atoms with van der Waals surface area (Å²) in [5.41, 5.74) is -2.40. The fraction of sp³-hybridized carbons (Fsp3) is 0.688. The Labute approximate surface area is 536 Å². The minimum atomic E-state index is -4.60. The number of halogens is 21. The van der Waals surface area contributed by atoms with Crippen LogP contribution < -0.4 is 33.8 Å². The molecule has 8 heterocycles. The minimum absolute atomic E-state index is 0. The predicted molar refractivity (Wildman–Crippen MR) is 284 cm³/mol. The number of nitrogens with zero attached hydrogens (tertiary/aromatic N) is 3. The van der Waals surface area contributed by atoms with E-state index in [2.05, 4.69) is 65.8 Å². The molecule has 0 amide bonds. The third kappa shape index (κ3) is 26.9. The summed E-state index contributed by atoms with van der Waals surface area (Å²) in [6.07, 6.45) is -27.6. The van der Waals surface area contributed by atoms with Gasteiger partial charge in [0.2, 0.25) is 5.95 Å². The van der Waals surface area contributed by atoms with E-state index in [1.54, 1.807) is 0 Å². The molecule has 5 aliphatic heterocycles. The Balaban J connectivity index is 0. The maximum absolute atomic E-state index is 14.0. The van der Waals surface area contributed by atoms with Crippen LogP contribution in [0.25, 0.3) is 0 Å². The minimum Gasteiger partial charge on any atom is -1.00 e. The third-order valence-corrected chi connectivity index (χ3v) is 13.9. The zero-order valence-electron chi connectivity index (χ0n) is 50.9. The van der Waals surface area contributed by atoms with Gasteiger partial charge in [0.15, 0.2) is 41.9 Å². The molecule has 0 saturated carbocycles. The second-order valence-electron chi connectivity index (χ2n) is 21.8. The van der Waals surface area contributed by atoms with Gasteiger partial charge in [-0.1, -0.05) is 0 Å². The van der Waals surface area contributed by atoms with Crippen LogP contribution >= 0.6 is 31.9 Å². The standard InChI is InChI=1S/C14H18BF4NO3.C12H24B2O4.C8H6BrF4NO.C5H2BrF2N.2C3H3F3O.C3H5F3O.Al.Li.H/c1-8(14(17,18)19)21-11-10(16)6-9(7-20-11)15-22-12(2,3)13(4,5)23-15;1-9(2)10(3,4)16-13(15-9)14-17-11(5,6)12(7,8)18-14;1-4(8(11,12)13)15-7-6(10)2-5(9)3-14-7;6-3-1-4(7)5(8)9-2-3;2*4-3(5,6)2-1-7-2;1-2(7)3(4,5)6;;;/h6-8H,1-5H3;1-8H3;2-4H,1H3;1-2H;2*2H,1H2;2,7H,1H3;;;/q;;;;;;;;+1;-1/t8-;;4-;;2-;;2-;;;/m0.0.0.0.../s1. The van der Waals surface area contributed by atoms with E-state index in [9.17, 15) is 83.4 Å². The number of rotatable bonds is 6. The summed E-state index contributed by atoms with van der Waals surface area (Å²) in [5.74, 6) is -5.34. The van der Waals surface area contributed by atoms with Crippen LogP contribution in [0.2, 0.25) is 0 Å². The smallest absolute Gasteiger partial charge is 1.00 e. The van der Waals surface area contributed by atoms with Gasteiger partial charge in [-0.2, -0.15) is 70.2 Å². The van der Waals surface area contributed by atoms with Gasteiger partial charge < -0.3 is 53.4 Å². The Kier molecular flexibility index (Phi) is 31.3. The summed E-state index contributed by atoms with van der Waals surface area (Å²) >= 11 is 5.85. The van der Waals surface area contributed by atoms with Gasteiger partial charge in [0.25, 0.3) is 11.8 Å². The van der Waals surface area contributed by atoms with Crippen molar-refractivity contribution in [2.24, 2.45) is 0 Å². The molecular formula is C48H62AlB3Br2F19LiN3O11. The molecule has 5 aliphatic rings. The van der Waals surface area contributed by atoms with Crippen molar-refractivity contribution < 1.29 is 156 Å². The molecule has 0 aliphatic carbocycles. The van der Waals surface area contributed by atoms with Crippen molar-refractivity contribution in [3.8, 4) is 11.8 Å². The zero-order valence-corrected chi connectivity index (χ0v) is 54.2. The Hall–Kier alpha value is -2.36. The first-order valence-corrected chi connectivity index (χ1v) is 26.5. The molecule has 88 heavy (non-hydrogen) atoms. The van der Waals surface area contributed by atoms with Gasteiger partial charge in [-0.3, -0.25) is 0 Å². The Morgan fingerprint density at radius 1 is 0.500 bits per heavy atom. The molecule has 3 radical (unpaired) electrons. The van der Waals surface area contributed by atoms with Crippen molar-refractivity contribution in [1.82, 2.24) is 15.0 Å². The van der Waals surface area contributed by atoms with Crippen molar-refractivity contribution >= 4 is 75.8 Å².